The molecule has 104 valence electrons. The predicted octanol–water partition coefficient (Wildman–Crippen LogP) is 0.268. The number of piperidine rings is 1. The minimum atomic E-state index is -0.744. The van der Waals surface area contributed by atoms with Crippen LogP contribution >= 0.6 is 0 Å². The number of hydrogen-bond acceptors (Lipinski definition) is 5. The fraction of sp³-hybridized carbons (Fsp3) is 0.900. The van der Waals surface area contributed by atoms with Gasteiger partial charge in [0.1, 0.15) is 6.23 Å². The second-order valence-corrected chi connectivity index (χ2v) is 4.33. The summed E-state index contributed by atoms with van der Waals surface area (Å²) in [6.07, 6.45) is 3.07. The number of guanidine groups is 1. The molecule has 0 aromatic carbocycles. The van der Waals surface area contributed by atoms with Crippen molar-refractivity contribution in [2.75, 3.05) is 13.2 Å². The first-order chi connectivity index (χ1) is 8.56. The number of nitrogens with zero attached hydrogens (tertiary/aromatic N) is 2. The molecule has 0 aromatic rings. The molecule has 0 spiro atoms. The number of likely N-dealkylation sites (tertiary alicyclic amines) is 1. The lowest BCUT2D eigenvalue weighted by Gasteiger charge is -2.39. The van der Waals surface area contributed by atoms with Crippen LogP contribution in [0, 0.1) is 15.5 Å². The molecule has 18 heavy (non-hydrogen) atoms. The molecule has 2 atom stereocenters. The highest BCUT2D eigenvalue weighted by atomic mass is 16.7. The van der Waals surface area contributed by atoms with Gasteiger partial charge in [-0.05, 0) is 19.3 Å². The number of rotatable bonds is 5. The highest BCUT2D eigenvalue weighted by Crippen LogP contribution is 2.17. The van der Waals surface area contributed by atoms with E-state index in [9.17, 15) is 10.1 Å². The SMILES string of the molecule is CCCCO[C@@H]1[C@@H](N)CCCN1C(=N)N[N+](=O)[O-]. The molecule has 0 aliphatic carbocycles. The molecule has 8 heteroatoms. The van der Waals surface area contributed by atoms with Gasteiger partial charge in [0.2, 0.25) is 0 Å². The maximum Gasteiger partial charge on any atom is 0.256 e. The lowest BCUT2D eigenvalue weighted by Crippen LogP contribution is -2.59. The first kappa shape index (κ1) is 14.7. The van der Waals surface area contributed by atoms with E-state index < -0.39 is 11.3 Å². The lowest BCUT2D eigenvalue weighted by atomic mass is 10.0. The third-order valence-electron chi connectivity index (χ3n) is 2.88. The Kier molecular flexibility index (Phi) is 5.79. The second-order valence-electron chi connectivity index (χ2n) is 4.33. The van der Waals surface area contributed by atoms with Gasteiger partial charge in [-0.25, -0.2) is 10.1 Å². The van der Waals surface area contributed by atoms with E-state index in [1.54, 1.807) is 0 Å². The third-order valence-corrected chi connectivity index (χ3v) is 2.88. The molecule has 0 unspecified atom stereocenters. The van der Waals surface area contributed by atoms with Gasteiger partial charge in [-0.3, -0.25) is 5.41 Å². The maximum absolute atomic E-state index is 10.4. The van der Waals surface area contributed by atoms with E-state index in [-0.39, 0.29) is 12.0 Å². The fourth-order valence-electron chi connectivity index (χ4n) is 1.95. The molecule has 0 bridgehead atoms. The molecule has 4 N–H and O–H groups in total. The van der Waals surface area contributed by atoms with Crippen molar-refractivity contribution >= 4 is 5.96 Å². The van der Waals surface area contributed by atoms with Gasteiger partial charge in [0.05, 0.1) is 0 Å². The first-order valence-corrected chi connectivity index (χ1v) is 6.19. The zero-order valence-electron chi connectivity index (χ0n) is 10.6. The largest absolute Gasteiger partial charge is 0.357 e. The fourth-order valence-corrected chi connectivity index (χ4v) is 1.95. The van der Waals surface area contributed by atoms with Crippen molar-refractivity contribution in [2.45, 2.75) is 44.9 Å². The molecule has 1 saturated heterocycles. The molecule has 1 aliphatic heterocycles. The van der Waals surface area contributed by atoms with Crippen LogP contribution in [0.1, 0.15) is 32.6 Å². The number of nitrogens with two attached hydrogens (primary N) is 1. The van der Waals surface area contributed by atoms with Crippen LogP contribution in [0.2, 0.25) is 0 Å². The zero-order valence-corrected chi connectivity index (χ0v) is 10.6. The lowest BCUT2D eigenvalue weighted by molar-refractivity contribution is -0.527. The molecular formula is C10H21N5O3. The summed E-state index contributed by atoms with van der Waals surface area (Å²) >= 11 is 0. The Hall–Kier alpha value is -1.41. The minimum absolute atomic E-state index is 0.218. The van der Waals surface area contributed by atoms with Crippen LogP contribution in [0.3, 0.4) is 0 Å². The Bertz CT molecular complexity index is 299. The van der Waals surface area contributed by atoms with Crippen LogP contribution in [0.15, 0.2) is 0 Å². The van der Waals surface area contributed by atoms with Crippen molar-refractivity contribution in [3.8, 4) is 0 Å². The molecule has 8 nitrogen and oxygen atoms in total. The Balaban J connectivity index is 2.59. The first-order valence-electron chi connectivity index (χ1n) is 6.19. The standard InChI is InChI=1S/C10H21N5O3/c1-2-3-7-18-9-8(11)5-4-6-14(9)10(12)13-15(16)17/h8-9H,2-7,11H2,1H3,(H2,12,13)/t8-,9+/m0/s1. The molecular weight excluding hydrogens is 238 g/mol. The van der Waals surface area contributed by atoms with E-state index in [0.29, 0.717) is 13.2 Å². The summed E-state index contributed by atoms with van der Waals surface area (Å²) in [5, 5.41) is 17.3. The number of hydrogen-bond donors (Lipinski definition) is 3. The molecule has 1 heterocycles. The van der Waals surface area contributed by atoms with Crippen LogP contribution in [0.4, 0.5) is 0 Å². The van der Waals surface area contributed by atoms with Crippen molar-refractivity contribution < 1.29 is 9.77 Å². The third kappa shape index (κ3) is 4.11. The zero-order chi connectivity index (χ0) is 13.5. The van der Waals surface area contributed by atoms with Gasteiger partial charge in [0.15, 0.2) is 5.03 Å². The minimum Gasteiger partial charge on any atom is -0.357 e. The van der Waals surface area contributed by atoms with E-state index in [4.69, 9.17) is 15.9 Å². The van der Waals surface area contributed by atoms with Crippen molar-refractivity contribution in [1.29, 1.82) is 5.41 Å². The van der Waals surface area contributed by atoms with Crippen LogP contribution in [0.25, 0.3) is 0 Å². The number of hydrazine groups is 1. The van der Waals surface area contributed by atoms with Crippen molar-refractivity contribution in [3.05, 3.63) is 10.1 Å². The summed E-state index contributed by atoms with van der Waals surface area (Å²) in [6.45, 7) is 3.15. The summed E-state index contributed by atoms with van der Waals surface area (Å²) in [5.41, 5.74) is 7.81. The van der Waals surface area contributed by atoms with Gasteiger partial charge in [0, 0.05) is 19.2 Å². The van der Waals surface area contributed by atoms with Crippen LogP contribution in [-0.4, -0.2) is 41.3 Å². The van der Waals surface area contributed by atoms with Crippen molar-refractivity contribution in [3.63, 3.8) is 0 Å². The molecule has 0 aromatic heterocycles. The van der Waals surface area contributed by atoms with Gasteiger partial charge in [-0.1, -0.05) is 18.8 Å². The smallest absolute Gasteiger partial charge is 0.256 e. The van der Waals surface area contributed by atoms with Gasteiger partial charge in [-0.2, -0.15) is 0 Å². The number of unbranched alkanes of at least 4 members (excludes halogenated alkanes) is 1. The number of nitro groups is 1. The normalized spacial score (nSPS) is 23.8. The van der Waals surface area contributed by atoms with Crippen LogP contribution in [0.5, 0.6) is 0 Å². The molecule has 1 aliphatic rings. The van der Waals surface area contributed by atoms with Gasteiger partial charge >= 0.3 is 0 Å². The number of ether oxygens (including phenoxy) is 1. The summed E-state index contributed by atoms with van der Waals surface area (Å²) in [5.74, 6) is -0.267. The topological polar surface area (TPSA) is 118 Å². The van der Waals surface area contributed by atoms with Gasteiger partial charge in [0.25, 0.3) is 5.96 Å². The summed E-state index contributed by atoms with van der Waals surface area (Å²) in [7, 11) is 0. The van der Waals surface area contributed by atoms with Crippen molar-refractivity contribution in [2.24, 2.45) is 5.73 Å². The molecule has 1 fully saturated rings. The van der Waals surface area contributed by atoms with E-state index in [2.05, 4.69) is 6.92 Å². The second kappa shape index (κ2) is 7.12. The highest BCUT2D eigenvalue weighted by Gasteiger charge is 2.32. The Morgan fingerprint density at radius 3 is 3.06 bits per heavy atom. The highest BCUT2D eigenvalue weighted by molar-refractivity contribution is 5.75. The molecule has 0 amide bonds. The average Bonchev–Trinajstić information content (AvgIpc) is 2.30. The van der Waals surface area contributed by atoms with Crippen LogP contribution in [-0.2, 0) is 4.74 Å². The predicted molar refractivity (Wildman–Crippen MR) is 66.4 cm³/mol. The van der Waals surface area contributed by atoms with E-state index in [0.717, 1.165) is 25.7 Å². The maximum atomic E-state index is 10.4. The molecule has 0 radical (unpaired) electrons. The van der Waals surface area contributed by atoms with Gasteiger partial charge < -0.3 is 15.4 Å². The van der Waals surface area contributed by atoms with Gasteiger partial charge in [-0.15, -0.1) is 0 Å². The van der Waals surface area contributed by atoms with E-state index in [1.165, 1.54) is 4.90 Å². The van der Waals surface area contributed by atoms with E-state index >= 15 is 0 Å². The Labute approximate surface area is 106 Å². The monoisotopic (exact) mass is 259 g/mol. The van der Waals surface area contributed by atoms with E-state index in [1.807, 2.05) is 5.43 Å². The quantitative estimate of drug-likeness (QED) is 0.214. The Morgan fingerprint density at radius 1 is 1.72 bits per heavy atom. The molecule has 0 saturated carbocycles. The average molecular weight is 259 g/mol. The summed E-state index contributed by atoms with van der Waals surface area (Å²) in [6, 6.07) is -0.218. The van der Waals surface area contributed by atoms with Crippen LogP contribution < -0.4 is 11.2 Å². The summed E-state index contributed by atoms with van der Waals surface area (Å²) < 4.78 is 5.65. The molecule has 1 rings (SSSR count). The Morgan fingerprint density at radius 2 is 2.44 bits per heavy atom. The summed E-state index contributed by atoms with van der Waals surface area (Å²) in [4.78, 5) is 11.9. The number of nitrogens with one attached hydrogen (secondary N) is 2. The van der Waals surface area contributed by atoms with Crippen molar-refractivity contribution in [1.82, 2.24) is 10.3 Å².